The van der Waals surface area contributed by atoms with Gasteiger partial charge in [0, 0.05) is 24.3 Å². The monoisotopic (exact) mass is 383 g/mol. The Kier molecular flexibility index (Phi) is 6.78. The Morgan fingerprint density at radius 3 is 2.52 bits per heavy atom. The second kappa shape index (κ2) is 8.62. The molecule has 2 rings (SSSR count). The molecule has 1 aromatic rings. The largest absolute Gasteiger partial charge is 0.497 e. The molecule has 6 nitrogen and oxygen atoms in total. The van der Waals surface area contributed by atoms with Crippen LogP contribution >= 0.6 is 23.5 Å². The molecule has 1 aromatic carbocycles. The summed E-state index contributed by atoms with van der Waals surface area (Å²) in [6.07, 6.45) is 0. The Balaban J connectivity index is 2.24. The maximum absolute atomic E-state index is 12.9. The number of thioether (sulfide) groups is 2. The molecule has 0 saturated carbocycles. The van der Waals surface area contributed by atoms with E-state index < -0.39 is 17.9 Å². The molecule has 0 bridgehead atoms. The van der Waals surface area contributed by atoms with Crippen molar-refractivity contribution in [3.05, 3.63) is 29.8 Å². The van der Waals surface area contributed by atoms with E-state index in [0.29, 0.717) is 17.3 Å². The molecule has 1 N–H and O–H groups in total. The van der Waals surface area contributed by atoms with Gasteiger partial charge in [0.2, 0.25) is 5.91 Å². The number of carbonyl (C=O) groups excluding carboxylic acids is 2. The van der Waals surface area contributed by atoms with Gasteiger partial charge in [-0.25, -0.2) is 4.79 Å². The number of carbonyl (C=O) groups is 3. The first-order valence-corrected chi connectivity index (χ1v) is 9.82. The lowest BCUT2D eigenvalue weighted by Crippen LogP contribution is -2.45. The van der Waals surface area contributed by atoms with E-state index in [1.807, 2.05) is 12.1 Å². The van der Waals surface area contributed by atoms with Gasteiger partial charge < -0.3 is 14.7 Å². The molecule has 1 aliphatic heterocycles. The summed E-state index contributed by atoms with van der Waals surface area (Å²) in [6, 6.07) is 6.41. The van der Waals surface area contributed by atoms with Crippen LogP contribution in [0.15, 0.2) is 24.3 Å². The first-order valence-electron chi connectivity index (χ1n) is 7.79. The molecule has 1 amide bonds. The summed E-state index contributed by atoms with van der Waals surface area (Å²) >= 11 is 2.51. The van der Waals surface area contributed by atoms with Gasteiger partial charge in [-0.3, -0.25) is 9.59 Å². The minimum atomic E-state index is -1.01. The van der Waals surface area contributed by atoms with Crippen molar-refractivity contribution in [3.8, 4) is 5.75 Å². The molecule has 136 valence electrons. The van der Waals surface area contributed by atoms with Crippen LogP contribution in [0.3, 0.4) is 0 Å². The van der Waals surface area contributed by atoms with Gasteiger partial charge in [0.15, 0.2) is 5.12 Å². The van der Waals surface area contributed by atoms with Gasteiger partial charge >= 0.3 is 5.97 Å². The first kappa shape index (κ1) is 19.7. The number of aliphatic carboxylic acids is 1. The van der Waals surface area contributed by atoms with Gasteiger partial charge in [-0.1, -0.05) is 30.8 Å². The van der Waals surface area contributed by atoms with E-state index in [1.54, 1.807) is 26.2 Å². The van der Waals surface area contributed by atoms with Crippen LogP contribution in [0, 0.1) is 5.92 Å². The van der Waals surface area contributed by atoms with E-state index in [-0.39, 0.29) is 16.4 Å². The number of methoxy groups -OCH3 is 1. The van der Waals surface area contributed by atoms with Crippen molar-refractivity contribution < 1.29 is 24.2 Å². The number of rotatable bonds is 6. The lowest BCUT2D eigenvalue weighted by atomic mass is 10.1. The highest BCUT2D eigenvalue weighted by Gasteiger charge is 2.43. The second-order valence-electron chi connectivity index (χ2n) is 5.76. The molecule has 1 heterocycles. The molecule has 3 atom stereocenters. The molecule has 1 aliphatic rings. The minimum Gasteiger partial charge on any atom is -0.497 e. The highest BCUT2D eigenvalue weighted by Crippen LogP contribution is 2.42. The molecule has 8 heteroatoms. The fourth-order valence-electron chi connectivity index (χ4n) is 2.56. The molecule has 1 fully saturated rings. The van der Waals surface area contributed by atoms with Crippen molar-refractivity contribution in [1.82, 2.24) is 4.90 Å². The normalized spacial score (nSPS) is 21.0. The lowest BCUT2D eigenvalue weighted by molar-refractivity contribution is -0.150. The predicted molar refractivity (Wildman–Crippen MR) is 98.8 cm³/mol. The summed E-state index contributed by atoms with van der Waals surface area (Å²) in [5.41, 5.74) is 0.856. The Morgan fingerprint density at radius 1 is 1.36 bits per heavy atom. The van der Waals surface area contributed by atoms with Crippen LogP contribution in [0.5, 0.6) is 5.75 Å². The third-order valence-corrected chi connectivity index (χ3v) is 6.30. The molecular formula is C17H21NO5S2. The number of carboxylic acids is 1. The van der Waals surface area contributed by atoms with Gasteiger partial charge in [-0.2, -0.15) is 0 Å². The predicted octanol–water partition coefficient (Wildman–Crippen LogP) is 2.64. The van der Waals surface area contributed by atoms with E-state index in [2.05, 4.69) is 0 Å². The van der Waals surface area contributed by atoms with Crippen molar-refractivity contribution in [2.75, 3.05) is 18.6 Å². The molecule has 1 saturated heterocycles. The molecule has 1 unspecified atom stereocenters. The molecule has 0 aromatic heterocycles. The van der Waals surface area contributed by atoms with Crippen molar-refractivity contribution in [2.24, 2.45) is 5.92 Å². The van der Waals surface area contributed by atoms with Gasteiger partial charge in [-0.05, 0) is 17.7 Å². The number of ether oxygens (including phenoxy) is 1. The van der Waals surface area contributed by atoms with Crippen LogP contribution in [0.25, 0.3) is 0 Å². The third-order valence-electron chi connectivity index (χ3n) is 3.90. The summed E-state index contributed by atoms with van der Waals surface area (Å²) in [5.74, 6) is -0.308. The fraction of sp³-hybridized carbons (Fsp3) is 0.471. The second-order valence-corrected chi connectivity index (χ2v) is 8.07. The quantitative estimate of drug-likeness (QED) is 0.808. The van der Waals surface area contributed by atoms with E-state index in [4.69, 9.17) is 4.74 Å². The summed E-state index contributed by atoms with van der Waals surface area (Å²) < 4.78 is 5.14. The number of carboxylic acid groups (broad SMARTS) is 1. The van der Waals surface area contributed by atoms with Crippen molar-refractivity contribution in [1.29, 1.82) is 0 Å². The lowest BCUT2D eigenvalue weighted by Gasteiger charge is -2.30. The van der Waals surface area contributed by atoms with Crippen molar-refractivity contribution in [3.63, 3.8) is 0 Å². The minimum absolute atomic E-state index is 0.0584. The smallest absolute Gasteiger partial charge is 0.327 e. The van der Waals surface area contributed by atoms with Gasteiger partial charge in [0.25, 0.3) is 0 Å². The molecule has 25 heavy (non-hydrogen) atoms. The first-order chi connectivity index (χ1) is 11.8. The number of hydrogen-bond donors (Lipinski definition) is 1. The van der Waals surface area contributed by atoms with E-state index in [1.165, 1.54) is 23.6 Å². The molecular weight excluding hydrogens is 362 g/mol. The number of hydrogen-bond acceptors (Lipinski definition) is 6. The average Bonchev–Trinajstić information content (AvgIpc) is 3.04. The topological polar surface area (TPSA) is 83.9 Å². The molecule has 0 spiro atoms. The Labute approximate surface area is 155 Å². The van der Waals surface area contributed by atoms with E-state index in [0.717, 1.165) is 17.3 Å². The summed E-state index contributed by atoms with van der Waals surface area (Å²) in [5, 5.41) is 9.08. The zero-order valence-electron chi connectivity index (χ0n) is 14.3. The average molecular weight is 383 g/mol. The standard InChI is InChI=1S/C17H21NO5S2/c1-10(8-24-11(2)19)15(20)18-14(17(21)22)9-25-16(18)12-4-6-13(23-3)7-5-12/h4-7,10,14,16H,8-9H2,1-3H3,(H,21,22)/t10-,14+,16?/m1/s1. The zero-order chi connectivity index (χ0) is 18.6. The summed E-state index contributed by atoms with van der Waals surface area (Å²) in [6.45, 7) is 3.18. The SMILES string of the molecule is COc1ccc(C2SC[C@@H](C(=O)O)N2C(=O)[C@H](C)CSC(C)=O)cc1. The number of benzene rings is 1. The van der Waals surface area contributed by atoms with Crippen LogP contribution in [-0.2, 0) is 14.4 Å². The van der Waals surface area contributed by atoms with Gasteiger partial charge in [0.1, 0.15) is 17.2 Å². The highest BCUT2D eigenvalue weighted by molar-refractivity contribution is 8.13. The van der Waals surface area contributed by atoms with E-state index >= 15 is 0 Å². The highest BCUT2D eigenvalue weighted by atomic mass is 32.2. The van der Waals surface area contributed by atoms with E-state index in [9.17, 15) is 19.5 Å². The van der Waals surface area contributed by atoms with Crippen LogP contribution in [0.1, 0.15) is 24.8 Å². The van der Waals surface area contributed by atoms with Gasteiger partial charge in [0.05, 0.1) is 7.11 Å². The maximum Gasteiger partial charge on any atom is 0.327 e. The fourth-order valence-corrected chi connectivity index (χ4v) is 4.62. The van der Waals surface area contributed by atoms with Crippen LogP contribution in [-0.4, -0.2) is 51.7 Å². The molecule has 0 aliphatic carbocycles. The summed E-state index contributed by atoms with van der Waals surface area (Å²) in [7, 11) is 1.57. The number of amides is 1. The van der Waals surface area contributed by atoms with Crippen LogP contribution < -0.4 is 4.74 Å². The Morgan fingerprint density at radius 2 is 2.00 bits per heavy atom. The Hall–Kier alpha value is -1.67. The summed E-state index contributed by atoms with van der Waals surface area (Å²) in [4.78, 5) is 37.1. The molecule has 0 radical (unpaired) electrons. The number of nitrogens with zero attached hydrogens (tertiary/aromatic N) is 1. The van der Waals surface area contributed by atoms with Crippen LogP contribution in [0.2, 0.25) is 0 Å². The zero-order valence-corrected chi connectivity index (χ0v) is 15.9. The van der Waals surface area contributed by atoms with Crippen molar-refractivity contribution in [2.45, 2.75) is 25.3 Å². The third kappa shape index (κ3) is 4.70. The van der Waals surface area contributed by atoms with Crippen molar-refractivity contribution >= 4 is 40.5 Å². The Bertz CT molecular complexity index is 649. The maximum atomic E-state index is 12.9. The van der Waals surface area contributed by atoms with Gasteiger partial charge in [-0.15, -0.1) is 11.8 Å². The van der Waals surface area contributed by atoms with Crippen LogP contribution in [0.4, 0.5) is 0 Å².